The summed E-state index contributed by atoms with van der Waals surface area (Å²) < 4.78 is 24.1. The molecule has 1 atom stereocenters. The summed E-state index contributed by atoms with van der Waals surface area (Å²) >= 11 is 0. The summed E-state index contributed by atoms with van der Waals surface area (Å²) in [7, 11) is 0. The number of carbonyl (C=O) groups is 1. The maximum absolute atomic E-state index is 13.4. The first kappa shape index (κ1) is 17.4. The molecule has 0 saturated carbocycles. The summed E-state index contributed by atoms with van der Waals surface area (Å²) in [6, 6.07) is 13.8. The lowest BCUT2D eigenvalue weighted by Crippen LogP contribution is -2.09. The van der Waals surface area contributed by atoms with Crippen LogP contribution in [0.15, 0.2) is 48.5 Å². The van der Waals surface area contributed by atoms with Crippen molar-refractivity contribution >= 4 is 18.2 Å². The zero-order chi connectivity index (χ0) is 15.4. The van der Waals surface area contributed by atoms with Gasteiger partial charge in [0.2, 0.25) is 0 Å². The third kappa shape index (κ3) is 5.05. The van der Waals surface area contributed by atoms with E-state index in [1.807, 2.05) is 30.3 Å². The lowest BCUT2D eigenvalue weighted by Gasteiger charge is -2.10. The highest BCUT2D eigenvalue weighted by molar-refractivity contribution is 5.98. The highest BCUT2D eigenvalue weighted by Gasteiger charge is 2.24. The Morgan fingerprint density at radius 1 is 1.22 bits per heavy atom. The summed E-state index contributed by atoms with van der Waals surface area (Å²) in [4.78, 5) is 12.4. The van der Waals surface area contributed by atoms with E-state index in [-0.39, 0.29) is 24.3 Å². The fraction of sp³-hybridized carbons (Fsp3) is 0.278. The van der Waals surface area contributed by atoms with E-state index in [2.05, 4.69) is 0 Å². The third-order valence-electron chi connectivity index (χ3n) is 3.55. The molecule has 3 rings (SSSR count). The summed E-state index contributed by atoms with van der Waals surface area (Å²) in [5, 5.41) is 0. The number of hydrogen-bond donors (Lipinski definition) is 0. The Morgan fingerprint density at radius 3 is 2.65 bits per heavy atom. The quantitative estimate of drug-likeness (QED) is 0.569. The number of ether oxygens (including phenoxy) is 2. The maximum Gasteiger partial charge on any atom is 0.167 e. The maximum atomic E-state index is 13.4. The minimum absolute atomic E-state index is 0. The largest absolute Gasteiger partial charge is 0.490 e. The van der Waals surface area contributed by atoms with Gasteiger partial charge in [0.25, 0.3) is 0 Å². The molecule has 0 bridgehead atoms. The van der Waals surface area contributed by atoms with Crippen LogP contribution < -0.4 is 4.74 Å². The normalized spacial score (nSPS) is 15.6. The molecule has 1 fully saturated rings. The number of epoxide rings is 1. The van der Waals surface area contributed by atoms with Crippen LogP contribution in [0, 0.1) is 5.82 Å². The predicted molar refractivity (Wildman–Crippen MR) is 88.0 cm³/mol. The molecule has 1 saturated heterocycles. The monoisotopic (exact) mass is 336 g/mol. The van der Waals surface area contributed by atoms with Crippen LogP contribution in [0.2, 0.25) is 0 Å². The van der Waals surface area contributed by atoms with Crippen LogP contribution in [0.5, 0.6) is 5.75 Å². The van der Waals surface area contributed by atoms with Gasteiger partial charge in [-0.2, -0.15) is 0 Å². The van der Waals surface area contributed by atoms with Crippen LogP contribution in [0.4, 0.5) is 4.39 Å². The summed E-state index contributed by atoms with van der Waals surface area (Å²) in [6.07, 6.45) is 1.04. The molecule has 1 unspecified atom stereocenters. The highest BCUT2D eigenvalue weighted by Crippen LogP contribution is 2.23. The summed E-state index contributed by atoms with van der Waals surface area (Å²) in [5.41, 5.74) is 1.39. The molecule has 0 radical (unpaired) electrons. The number of halogens is 2. The molecule has 1 aliphatic heterocycles. The minimum atomic E-state index is -0.432. The van der Waals surface area contributed by atoms with Crippen LogP contribution >= 0.6 is 12.4 Å². The lowest BCUT2D eigenvalue weighted by atomic mass is 10.0. The van der Waals surface area contributed by atoms with E-state index in [4.69, 9.17) is 9.47 Å². The highest BCUT2D eigenvalue weighted by atomic mass is 35.5. The molecule has 23 heavy (non-hydrogen) atoms. The fourth-order valence-electron chi connectivity index (χ4n) is 2.23. The van der Waals surface area contributed by atoms with E-state index in [9.17, 15) is 9.18 Å². The van der Waals surface area contributed by atoms with Crippen LogP contribution in [0.25, 0.3) is 0 Å². The number of aryl methyl sites for hydroxylation is 1. The molecular formula is C18H18ClFO3. The number of rotatable bonds is 7. The number of benzene rings is 2. The van der Waals surface area contributed by atoms with Gasteiger partial charge in [0.15, 0.2) is 5.78 Å². The molecule has 1 aliphatic rings. The van der Waals surface area contributed by atoms with Gasteiger partial charge >= 0.3 is 0 Å². The molecule has 5 heteroatoms. The van der Waals surface area contributed by atoms with Crippen molar-refractivity contribution in [3.63, 3.8) is 0 Å². The Hall–Kier alpha value is -1.91. The van der Waals surface area contributed by atoms with Crippen LogP contribution in [-0.4, -0.2) is 25.1 Å². The standard InChI is InChI=1S/C18H17FO3.ClH/c19-14-7-9-18(22-12-15-11-21-15)16(10-14)17(20)8-6-13-4-2-1-3-5-13;/h1-5,7,9-10,15H,6,8,11-12H2;1H. The van der Waals surface area contributed by atoms with Crippen LogP contribution in [-0.2, 0) is 11.2 Å². The average molecular weight is 337 g/mol. The molecule has 0 spiro atoms. The van der Waals surface area contributed by atoms with E-state index in [0.717, 1.165) is 5.56 Å². The van der Waals surface area contributed by atoms with Gasteiger partial charge in [-0.3, -0.25) is 4.79 Å². The summed E-state index contributed by atoms with van der Waals surface area (Å²) in [5.74, 6) is -0.122. The summed E-state index contributed by atoms with van der Waals surface area (Å²) in [6.45, 7) is 1.07. The van der Waals surface area contributed by atoms with Crippen molar-refractivity contribution in [1.29, 1.82) is 0 Å². The van der Waals surface area contributed by atoms with Gasteiger partial charge in [-0.1, -0.05) is 30.3 Å². The molecule has 0 aromatic heterocycles. The Bertz CT molecular complexity index is 657. The van der Waals surface area contributed by atoms with Gasteiger partial charge in [-0.25, -0.2) is 4.39 Å². The van der Waals surface area contributed by atoms with Gasteiger partial charge in [-0.15, -0.1) is 12.4 Å². The molecule has 3 nitrogen and oxygen atoms in total. The predicted octanol–water partition coefficient (Wildman–Crippen LogP) is 3.84. The second-order valence-corrected chi connectivity index (χ2v) is 5.32. The van der Waals surface area contributed by atoms with E-state index < -0.39 is 5.82 Å². The first-order valence-corrected chi connectivity index (χ1v) is 7.33. The van der Waals surface area contributed by atoms with Gasteiger partial charge in [0.1, 0.15) is 24.3 Å². The van der Waals surface area contributed by atoms with Crippen LogP contribution in [0.3, 0.4) is 0 Å². The lowest BCUT2D eigenvalue weighted by molar-refractivity contribution is 0.0977. The van der Waals surface area contributed by atoms with Crippen molar-refractivity contribution in [3.8, 4) is 5.75 Å². The zero-order valence-electron chi connectivity index (χ0n) is 12.5. The minimum Gasteiger partial charge on any atom is -0.490 e. The van der Waals surface area contributed by atoms with Crippen molar-refractivity contribution in [3.05, 3.63) is 65.5 Å². The molecule has 0 aliphatic carbocycles. The zero-order valence-corrected chi connectivity index (χ0v) is 13.4. The number of carbonyl (C=O) groups excluding carboxylic acids is 1. The first-order chi connectivity index (χ1) is 10.7. The van der Waals surface area contributed by atoms with Crippen molar-refractivity contribution in [1.82, 2.24) is 0 Å². The smallest absolute Gasteiger partial charge is 0.167 e. The molecular weight excluding hydrogens is 319 g/mol. The number of hydrogen-bond acceptors (Lipinski definition) is 3. The van der Waals surface area contributed by atoms with Gasteiger partial charge in [-0.05, 0) is 30.2 Å². The van der Waals surface area contributed by atoms with Crippen molar-refractivity contribution in [2.45, 2.75) is 18.9 Å². The molecule has 2 aromatic carbocycles. The molecule has 2 aromatic rings. The van der Waals surface area contributed by atoms with Gasteiger partial charge in [0, 0.05) is 6.42 Å². The molecule has 0 amide bonds. The second kappa shape index (κ2) is 8.09. The Morgan fingerprint density at radius 2 is 1.96 bits per heavy atom. The van der Waals surface area contributed by atoms with E-state index in [0.29, 0.717) is 37.4 Å². The Kier molecular flexibility index (Phi) is 6.13. The third-order valence-corrected chi connectivity index (χ3v) is 3.55. The first-order valence-electron chi connectivity index (χ1n) is 7.33. The SMILES string of the molecule is Cl.O=C(CCc1ccccc1)c1cc(F)ccc1OCC1CO1. The van der Waals surface area contributed by atoms with E-state index in [1.165, 1.54) is 18.2 Å². The van der Waals surface area contributed by atoms with Gasteiger partial charge in [0.05, 0.1) is 12.2 Å². The van der Waals surface area contributed by atoms with E-state index in [1.54, 1.807) is 0 Å². The number of ketones is 1. The van der Waals surface area contributed by atoms with Gasteiger partial charge < -0.3 is 9.47 Å². The van der Waals surface area contributed by atoms with Crippen molar-refractivity contribution < 1.29 is 18.7 Å². The topological polar surface area (TPSA) is 38.8 Å². The molecule has 1 heterocycles. The van der Waals surface area contributed by atoms with E-state index >= 15 is 0 Å². The van der Waals surface area contributed by atoms with Crippen molar-refractivity contribution in [2.24, 2.45) is 0 Å². The van der Waals surface area contributed by atoms with Crippen molar-refractivity contribution in [2.75, 3.05) is 13.2 Å². The number of Topliss-reactive ketones (excluding diaryl/α,β-unsaturated/α-hetero) is 1. The molecule has 122 valence electrons. The molecule has 0 N–H and O–H groups in total. The average Bonchev–Trinajstić information content (AvgIpc) is 3.36. The Balaban J connectivity index is 0.00000192. The Labute approximate surface area is 140 Å². The fourth-order valence-corrected chi connectivity index (χ4v) is 2.23. The second-order valence-electron chi connectivity index (χ2n) is 5.32. The van der Waals surface area contributed by atoms with Crippen LogP contribution in [0.1, 0.15) is 22.3 Å².